The molecule has 0 heterocycles. The highest BCUT2D eigenvalue weighted by Gasteiger charge is 2.38. The molecular formula is C25H36N4O6. The quantitative estimate of drug-likeness (QED) is 0.402. The minimum Gasteiger partial charge on any atom is -0.468 e. The lowest BCUT2D eigenvalue weighted by Gasteiger charge is -2.34. The standard InChI is InChI=1S/C25H36N4O6/c1-15(2)20(28-24(33)35-25(5,6)7)23(32)29(12-11-26)21(22(31)27-14-19(30)34-8)18-10-9-16(3)13-17(18)4/h9-10,13,15,20-21H,12,14H2,1-8H3,(H,27,31)(H,28,33). The molecule has 0 aliphatic carbocycles. The minimum atomic E-state index is -1.23. The van der Waals surface area contributed by atoms with Crippen molar-refractivity contribution in [1.82, 2.24) is 15.5 Å². The van der Waals surface area contributed by atoms with Crippen LogP contribution in [-0.2, 0) is 23.9 Å². The normalized spacial score (nSPS) is 12.7. The zero-order valence-electron chi connectivity index (χ0n) is 21.7. The number of benzene rings is 1. The number of carbonyl (C=O) groups excluding carboxylic acids is 4. The van der Waals surface area contributed by atoms with Gasteiger partial charge in [-0.3, -0.25) is 14.4 Å². The molecule has 0 aromatic heterocycles. The zero-order chi connectivity index (χ0) is 26.9. The predicted octanol–water partition coefficient (Wildman–Crippen LogP) is 2.54. The Morgan fingerprint density at radius 1 is 1.14 bits per heavy atom. The van der Waals surface area contributed by atoms with E-state index in [0.717, 1.165) is 16.0 Å². The summed E-state index contributed by atoms with van der Waals surface area (Å²) in [5.74, 6) is -2.34. The van der Waals surface area contributed by atoms with E-state index < -0.39 is 54.7 Å². The molecule has 2 N–H and O–H groups in total. The summed E-state index contributed by atoms with van der Waals surface area (Å²) in [5.41, 5.74) is 1.38. The second-order valence-corrected chi connectivity index (χ2v) is 9.55. The smallest absolute Gasteiger partial charge is 0.408 e. The van der Waals surface area contributed by atoms with E-state index in [-0.39, 0.29) is 5.92 Å². The maximum Gasteiger partial charge on any atom is 0.408 e. The second-order valence-electron chi connectivity index (χ2n) is 9.55. The molecule has 0 bridgehead atoms. The Balaban J connectivity index is 3.48. The Hall–Kier alpha value is -3.61. The summed E-state index contributed by atoms with van der Waals surface area (Å²) in [4.78, 5) is 52.1. The number of aryl methyl sites for hydroxylation is 2. The lowest BCUT2D eigenvalue weighted by molar-refractivity contribution is -0.144. The van der Waals surface area contributed by atoms with Crippen LogP contribution in [0, 0.1) is 31.1 Å². The van der Waals surface area contributed by atoms with Gasteiger partial charge in [-0.2, -0.15) is 5.26 Å². The minimum absolute atomic E-state index is 0.380. The number of rotatable bonds is 9. The van der Waals surface area contributed by atoms with Crippen LogP contribution in [0.5, 0.6) is 0 Å². The molecule has 1 aromatic carbocycles. The molecule has 10 nitrogen and oxygen atoms in total. The Kier molecular flexibility index (Phi) is 10.7. The number of nitrogens with zero attached hydrogens (tertiary/aromatic N) is 2. The summed E-state index contributed by atoms with van der Waals surface area (Å²) in [7, 11) is 1.19. The molecule has 0 fully saturated rings. The van der Waals surface area contributed by atoms with Crippen LogP contribution in [0.15, 0.2) is 18.2 Å². The molecule has 1 aromatic rings. The number of hydrogen-bond acceptors (Lipinski definition) is 7. The summed E-state index contributed by atoms with van der Waals surface area (Å²) in [5, 5.41) is 14.6. The van der Waals surface area contributed by atoms with Crippen molar-refractivity contribution in [3.8, 4) is 6.07 Å². The molecule has 0 saturated carbocycles. The van der Waals surface area contributed by atoms with Crippen LogP contribution in [0.1, 0.15) is 57.4 Å². The molecule has 1 rings (SSSR count). The number of ether oxygens (including phenoxy) is 2. The van der Waals surface area contributed by atoms with Crippen molar-refractivity contribution in [3.63, 3.8) is 0 Å². The highest BCUT2D eigenvalue weighted by Crippen LogP contribution is 2.27. The van der Waals surface area contributed by atoms with Gasteiger partial charge in [0.15, 0.2) is 0 Å². The van der Waals surface area contributed by atoms with E-state index in [1.807, 2.05) is 19.1 Å². The van der Waals surface area contributed by atoms with Gasteiger partial charge in [0.25, 0.3) is 0 Å². The fourth-order valence-electron chi connectivity index (χ4n) is 3.41. The fourth-order valence-corrected chi connectivity index (χ4v) is 3.41. The maximum absolute atomic E-state index is 13.7. The highest BCUT2D eigenvalue weighted by molar-refractivity contribution is 5.93. The van der Waals surface area contributed by atoms with Gasteiger partial charge < -0.3 is 25.0 Å². The first kappa shape index (κ1) is 29.4. The van der Waals surface area contributed by atoms with E-state index in [1.165, 1.54) is 7.11 Å². The average molecular weight is 489 g/mol. The largest absolute Gasteiger partial charge is 0.468 e. The maximum atomic E-state index is 13.7. The summed E-state index contributed by atoms with van der Waals surface area (Å²) in [6.45, 7) is 11.4. The molecule has 2 unspecified atom stereocenters. The van der Waals surface area contributed by atoms with Gasteiger partial charge in [-0.15, -0.1) is 0 Å². The molecule has 2 atom stereocenters. The monoisotopic (exact) mass is 488 g/mol. The van der Waals surface area contributed by atoms with Crippen molar-refractivity contribution < 1.29 is 28.7 Å². The first-order valence-corrected chi connectivity index (χ1v) is 11.3. The van der Waals surface area contributed by atoms with Crippen molar-refractivity contribution in [2.24, 2.45) is 5.92 Å². The molecule has 0 radical (unpaired) electrons. The Morgan fingerprint density at radius 2 is 1.77 bits per heavy atom. The van der Waals surface area contributed by atoms with Gasteiger partial charge in [0.2, 0.25) is 11.8 Å². The van der Waals surface area contributed by atoms with Gasteiger partial charge in [-0.25, -0.2) is 4.79 Å². The van der Waals surface area contributed by atoms with Gasteiger partial charge in [0, 0.05) is 0 Å². The summed E-state index contributed by atoms with van der Waals surface area (Å²) in [6, 6.07) is 4.98. The average Bonchev–Trinajstić information content (AvgIpc) is 2.74. The Labute approximate surface area is 206 Å². The molecule has 0 aliphatic heterocycles. The number of hydrogen-bond donors (Lipinski definition) is 2. The van der Waals surface area contributed by atoms with E-state index in [9.17, 15) is 24.4 Å². The van der Waals surface area contributed by atoms with E-state index in [0.29, 0.717) is 5.56 Å². The van der Waals surface area contributed by atoms with Crippen molar-refractivity contribution in [2.75, 3.05) is 20.2 Å². The molecule has 10 heteroatoms. The highest BCUT2D eigenvalue weighted by atomic mass is 16.6. The third-order valence-electron chi connectivity index (χ3n) is 5.04. The lowest BCUT2D eigenvalue weighted by Crippen LogP contribution is -2.55. The number of nitriles is 1. The van der Waals surface area contributed by atoms with Crippen LogP contribution >= 0.6 is 0 Å². The van der Waals surface area contributed by atoms with Crippen LogP contribution in [0.25, 0.3) is 0 Å². The first-order chi connectivity index (χ1) is 16.2. The summed E-state index contributed by atoms with van der Waals surface area (Å²) < 4.78 is 9.88. The SMILES string of the molecule is COC(=O)CNC(=O)C(c1ccc(C)cc1C)N(CC#N)C(=O)C(NC(=O)OC(C)(C)C)C(C)C. The van der Waals surface area contributed by atoms with Crippen molar-refractivity contribution in [2.45, 2.75) is 66.2 Å². The van der Waals surface area contributed by atoms with Crippen molar-refractivity contribution in [1.29, 1.82) is 5.26 Å². The molecule has 192 valence electrons. The molecule has 3 amide bonds. The molecular weight excluding hydrogens is 452 g/mol. The van der Waals surface area contributed by atoms with Crippen LogP contribution < -0.4 is 10.6 Å². The van der Waals surface area contributed by atoms with Crippen molar-refractivity contribution >= 4 is 23.9 Å². The zero-order valence-corrected chi connectivity index (χ0v) is 21.7. The second kappa shape index (κ2) is 12.7. The number of carbonyl (C=O) groups is 4. The number of nitrogens with one attached hydrogen (secondary N) is 2. The first-order valence-electron chi connectivity index (χ1n) is 11.3. The predicted molar refractivity (Wildman–Crippen MR) is 129 cm³/mol. The summed E-state index contributed by atoms with van der Waals surface area (Å²) >= 11 is 0. The fraction of sp³-hybridized carbons (Fsp3) is 0.560. The third kappa shape index (κ3) is 8.92. The van der Waals surface area contributed by atoms with Crippen LogP contribution in [0.3, 0.4) is 0 Å². The summed E-state index contributed by atoms with van der Waals surface area (Å²) in [6.07, 6.45) is -0.792. The van der Waals surface area contributed by atoms with E-state index >= 15 is 0 Å². The Morgan fingerprint density at radius 3 is 2.26 bits per heavy atom. The van der Waals surface area contributed by atoms with Gasteiger partial charge in [-0.1, -0.05) is 37.6 Å². The van der Waals surface area contributed by atoms with Gasteiger partial charge in [0.1, 0.15) is 30.8 Å². The van der Waals surface area contributed by atoms with Crippen molar-refractivity contribution in [3.05, 3.63) is 34.9 Å². The van der Waals surface area contributed by atoms with Crippen LogP contribution in [0.2, 0.25) is 0 Å². The molecule has 35 heavy (non-hydrogen) atoms. The van der Waals surface area contributed by atoms with E-state index in [4.69, 9.17) is 4.74 Å². The Bertz CT molecular complexity index is 977. The van der Waals surface area contributed by atoms with Gasteiger partial charge in [-0.05, 0) is 51.7 Å². The number of esters is 1. The number of alkyl carbamates (subject to hydrolysis) is 1. The third-order valence-corrected chi connectivity index (χ3v) is 5.04. The number of amides is 3. The molecule has 0 aliphatic rings. The van der Waals surface area contributed by atoms with Gasteiger partial charge in [0.05, 0.1) is 13.2 Å². The van der Waals surface area contributed by atoms with Crippen LogP contribution in [0.4, 0.5) is 4.79 Å². The van der Waals surface area contributed by atoms with E-state index in [1.54, 1.807) is 53.7 Å². The van der Waals surface area contributed by atoms with E-state index in [2.05, 4.69) is 15.4 Å². The van der Waals surface area contributed by atoms with Crippen LogP contribution in [-0.4, -0.2) is 60.6 Å². The molecule has 0 spiro atoms. The number of methoxy groups -OCH3 is 1. The lowest BCUT2D eigenvalue weighted by atomic mass is 9.95. The topological polar surface area (TPSA) is 138 Å². The van der Waals surface area contributed by atoms with Gasteiger partial charge >= 0.3 is 12.1 Å². The molecule has 0 saturated heterocycles.